The minimum Gasteiger partial charge on any atom is -0.494 e. The van der Waals surface area contributed by atoms with E-state index in [9.17, 15) is 9.18 Å². The number of hydrogen-bond donors (Lipinski definition) is 1. The Morgan fingerprint density at radius 3 is 2.72 bits per heavy atom. The SMILES string of the molecule is COc1ccc(/C=C/C(=O)NCC(C(C)C)N2CCOCC2)cc1F. The van der Waals surface area contributed by atoms with Crippen LogP contribution in [0.25, 0.3) is 6.08 Å². The van der Waals surface area contributed by atoms with E-state index >= 15 is 0 Å². The lowest BCUT2D eigenvalue weighted by Gasteiger charge is -2.36. The average Bonchev–Trinajstić information content (AvgIpc) is 2.61. The maximum Gasteiger partial charge on any atom is 0.244 e. The number of benzene rings is 1. The molecule has 1 aromatic rings. The molecule has 1 aliphatic heterocycles. The van der Waals surface area contributed by atoms with Gasteiger partial charge in [0.15, 0.2) is 11.6 Å². The summed E-state index contributed by atoms with van der Waals surface area (Å²) >= 11 is 0. The van der Waals surface area contributed by atoms with Crippen LogP contribution < -0.4 is 10.1 Å². The molecular formula is C19H27FN2O3. The first-order valence-electron chi connectivity index (χ1n) is 8.62. The van der Waals surface area contributed by atoms with Gasteiger partial charge < -0.3 is 14.8 Å². The third kappa shape index (κ3) is 5.83. The van der Waals surface area contributed by atoms with Gasteiger partial charge in [-0.3, -0.25) is 9.69 Å². The molecule has 0 aromatic heterocycles. The van der Waals surface area contributed by atoms with Crippen LogP contribution in [0.1, 0.15) is 19.4 Å². The molecule has 1 amide bonds. The van der Waals surface area contributed by atoms with Crippen LogP contribution in [0.2, 0.25) is 0 Å². The molecule has 1 aromatic carbocycles. The smallest absolute Gasteiger partial charge is 0.244 e. The Morgan fingerprint density at radius 2 is 2.12 bits per heavy atom. The van der Waals surface area contributed by atoms with Gasteiger partial charge in [-0.15, -0.1) is 0 Å². The molecule has 1 atom stereocenters. The summed E-state index contributed by atoms with van der Waals surface area (Å²) in [7, 11) is 1.42. The Bertz CT molecular complexity index is 598. The third-order valence-corrected chi connectivity index (χ3v) is 4.37. The summed E-state index contributed by atoms with van der Waals surface area (Å²) < 4.78 is 23.9. The van der Waals surface area contributed by atoms with E-state index in [2.05, 4.69) is 24.1 Å². The van der Waals surface area contributed by atoms with Gasteiger partial charge in [0.1, 0.15) is 0 Å². The van der Waals surface area contributed by atoms with Crippen molar-refractivity contribution >= 4 is 12.0 Å². The van der Waals surface area contributed by atoms with E-state index in [-0.39, 0.29) is 17.7 Å². The lowest BCUT2D eigenvalue weighted by atomic mass is 10.0. The quantitative estimate of drug-likeness (QED) is 0.767. The summed E-state index contributed by atoms with van der Waals surface area (Å²) in [6.45, 7) is 8.14. The van der Waals surface area contributed by atoms with Crippen molar-refractivity contribution in [3.8, 4) is 5.75 Å². The van der Waals surface area contributed by atoms with Gasteiger partial charge in [0.25, 0.3) is 0 Å². The number of nitrogens with zero attached hydrogens (tertiary/aromatic N) is 1. The van der Waals surface area contributed by atoms with Crippen molar-refractivity contribution in [2.75, 3.05) is 40.0 Å². The van der Waals surface area contributed by atoms with Crippen molar-refractivity contribution in [1.29, 1.82) is 0 Å². The minimum atomic E-state index is -0.447. The Labute approximate surface area is 148 Å². The number of ether oxygens (including phenoxy) is 2. The van der Waals surface area contributed by atoms with E-state index in [1.807, 2.05) is 0 Å². The number of carbonyl (C=O) groups excluding carboxylic acids is 1. The predicted molar refractivity (Wildman–Crippen MR) is 96.0 cm³/mol. The first kappa shape index (κ1) is 19.4. The molecular weight excluding hydrogens is 323 g/mol. The van der Waals surface area contributed by atoms with Gasteiger partial charge >= 0.3 is 0 Å². The van der Waals surface area contributed by atoms with Crippen molar-refractivity contribution in [2.24, 2.45) is 5.92 Å². The second kappa shape index (κ2) is 9.53. The summed E-state index contributed by atoms with van der Waals surface area (Å²) in [6.07, 6.45) is 3.02. The normalized spacial score (nSPS) is 17.0. The highest BCUT2D eigenvalue weighted by Gasteiger charge is 2.23. The average molecular weight is 350 g/mol. The fourth-order valence-electron chi connectivity index (χ4n) is 2.92. The summed E-state index contributed by atoms with van der Waals surface area (Å²) in [5.41, 5.74) is 0.613. The van der Waals surface area contributed by atoms with Crippen LogP contribution in [0, 0.1) is 11.7 Å². The number of rotatable bonds is 7. The molecule has 5 nitrogen and oxygen atoms in total. The lowest BCUT2D eigenvalue weighted by molar-refractivity contribution is -0.116. The van der Waals surface area contributed by atoms with E-state index in [1.54, 1.807) is 18.2 Å². The number of hydrogen-bond acceptors (Lipinski definition) is 4. The number of halogens is 1. The van der Waals surface area contributed by atoms with Crippen LogP contribution in [0.15, 0.2) is 24.3 Å². The van der Waals surface area contributed by atoms with Crippen LogP contribution >= 0.6 is 0 Å². The van der Waals surface area contributed by atoms with Crippen LogP contribution in [-0.4, -0.2) is 56.8 Å². The molecule has 0 radical (unpaired) electrons. The zero-order valence-corrected chi connectivity index (χ0v) is 15.1. The van der Waals surface area contributed by atoms with Crippen molar-refractivity contribution < 1.29 is 18.7 Å². The van der Waals surface area contributed by atoms with Crippen LogP contribution in [-0.2, 0) is 9.53 Å². The molecule has 1 unspecified atom stereocenters. The molecule has 2 rings (SSSR count). The van der Waals surface area contributed by atoms with Gasteiger partial charge in [-0.1, -0.05) is 19.9 Å². The molecule has 1 heterocycles. The molecule has 25 heavy (non-hydrogen) atoms. The summed E-state index contributed by atoms with van der Waals surface area (Å²) in [5, 5.41) is 2.94. The van der Waals surface area contributed by atoms with Crippen LogP contribution in [0.4, 0.5) is 4.39 Å². The molecule has 6 heteroatoms. The first-order valence-corrected chi connectivity index (χ1v) is 8.62. The highest BCUT2D eigenvalue weighted by Crippen LogP contribution is 2.18. The van der Waals surface area contributed by atoms with Crippen LogP contribution in [0.3, 0.4) is 0 Å². The monoisotopic (exact) mass is 350 g/mol. The standard InChI is InChI=1S/C19H27FN2O3/c1-14(2)17(22-8-10-25-11-9-22)13-21-19(23)7-5-15-4-6-18(24-3)16(20)12-15/h4-7,12,14,17H,8-11,13H2,1-3H3,(H,21,23)/b7-5+. The number of nitrogens with one attached hydrogen (secondary N) is 1. The molecule has 1 aliphatic rings. The zero-order valence-electron chi connectivity index (χ0n) is 15.1. The van der Waals surface area contributed by atoms with Crippen molar-refractivity contribution in [1.82, 2.24) is 10.2 Å². The van der Waals surface area contributed by atoms with Gasteiger partial charge in [-0.2, -0.15) is 0 Å². The lowest BCUT2D eigenvalue weighted by Crippen LogP contribution is -2.51. The molecule has 138 valence electrons. The molecule has 0 aliphatic carbocycles. The van der Waals surface area contributed by atoms with E-state index in [4.69, 9.17) is 9.47 Å². The van der Waals surface area contributed by atoms with E-state index < -0.39 is 5.82 Å². The predicted octanol–water partition coefficient (Wildman–Crippen LogP) is 2.32. The number of carbonyl (C=O) groups is 1. The largest absolute Gasteiger partial charge is 0.494 e. The Kier molecular flexibility index (Phi) is 7.40. The number of amides is 1. The second-order valence-electron chi connectivity index (χ2n) is 6.43. The summed E-state index contributed by atoms with van der Waals surface area (Å²) in [6, 6.07) is 4.86. The Hall–Kier alpha value is -1.92. The van der Waals surface area contributed by atoms with Crippen molar-refractivity contribution in [3.63, 3.8) is 0 Å². The third-order valence-electron chi connectivity index (χ3n) is 4.37. The Morgan fingerprint density at radius 1 is 1.40 bits per heavy atom. The molecule has 1 fully saturated rings. The summed E-state index contributed by atoms with van der Waals surface area (Å²) in [4.78, 5) is 14.4. The Balaban J connectivity index is 1.88. The van der Waals surface area contributed by atoms with Crippen molar-refractivity contribution in [3.05, 3.63) is 35.7 Å². The van der Waals surface area contributed by atoms with E-state index in [0.717, 1.165) is 26.3 Å². The van der Waals surface area contributed by atoms with Crippen molar-refractivity contribution in [2.45, 2.75) is 19.9 Å². The number of methoxy groups -OCH3 is 1. The molecule has 1 saturated heterocycles. The van der Waals surface area contributed by atoms with Gasteiger partial charge in [0, 0.05) is 31.8 Å². The maximum atomic E-state index is 13.6. The highest BCUT2D eigenvalue weighted by atomic mass is 19.1. The minimum absolute atomic E-state index is 0.185. The highest BCUT2D eigenvalue weighted by molar-refractivity contribution is 5.91. The molecule has 0 saturated carbocycles. The topological polar surface area (TPSA) is 50.8 Å². The fourth-order valence-corrected chi connectivity index (χ4v) is 2.92. The van der Waals surface area contributed by atoms with Gasteiger partial charge in [0.2, 0.25) is 5.91 Å². The molecule has 0 spiro atoms. The summed E-state index contributed by atoms with van der Waals surface area (Å²) in [5.74, 6) is -0.0164. The first-order chi connectivity index (χ1) is 12.0. The zero-order chi connectivity index (χ0) is 18.2. The van der Waals surface area contributed by atoms with Gasteiger partial charge in [-0.05, 0) is 29.7 Å². The van der Waals surface area contributed by atoms with E-state index in [1.165, 1.54) is 19.3 Å². The number of morpholine rings is 1. The van der Waals surface area contributed by atoms with Gasteiger partial charge in [0.05, 0.1) is 20.3 Å². The second-order valence-corrected chi connectivity index (χ2v) is 6.43. The maximum absolute atomic E-state index is 13.6. The molecule has 0 bridgehead atoms. The van der Waals surface area contributed by atoms with Gasteiger partial charge in [-0.25, -0.2) is 4.39 Å². The molecule has 1 N–H and O–H groups in total. The van der Waals surface area contributed by atoms with E-state index in [0.29, 0.717) is 18.0 Å². The van der Waals surface area contributed by atoms with Crippen LogP contribution in [0.5, 0.6) is 5.75 Å². The fraction of sp³-hybridized carbons (Fsp3) is 0.526.